The van der Waals surface area contributed by atoms with Gasteiger partial charge < -0.3 is 5.32 Å². The Morgan fingerprint density at radius 1 is 1.62 bits per heavy atom. The first-order valence-electron chi connectivity index (χ1n) is 4.16. The molecular formula is C9H6ClN3O3. The molecule has 0 aliphatic rings. The smallest absolute Gasteiger partial charge is 0.300 e. The molecule has 16 heavy (non-hydrogen) atoms. The first kappa shape index (κ1) is 11.9. The Hall–Kier alpha value is -2.13. The van der Waals surface area contributed by atoms with Gasteiger partial charge in [0.2, 0.25) is 0 Å². The number of nitrogens with one attached hydrogen (secondary N) is 1. The third-order valence-electron chi connectivity index (χ3n) is 1.74. The average Bonchev–Trinajstić information content (AvgIpc) is 2.24. The van der Waals surface area contributed by atoms with E-state index in [4.69, 9.17) is 16.9 Å². The Balaban J connectivity index is 3.14. The Morgan fingerprint density at radius 3 is 2.88 bits per heavy atom. The van der Waals surface area contributed by atoms with E-state index in [2.05, 4.69) is 5.32 Å². The molecular weight excluding hydrogens is 234 g/mol. The number of nitro benzene ring substituents is 1. The van der Waals surface area contributed by atoms with Crippen molar-refractivity contribution in [2.45, 2.75) is 0 Å². The van der Waals surface area contributed by atoms with Crippen molar-refractivity contribution < 1.29 is 9.72 Å². The third-order valence-corrected chi connectivity index (χ3v) is 2.05. The number of halogens is 1. The molecule has 0 unspecified atom stereocenters. The van der Waals surface area contributed by atoms with E-state index in [0.717, 1.165) is 0 Å². The van der Waals surface area contributed by atoms with Crippen LogP contribution in [0.15, 0.2) is 18.2 Å². The molecule has 1 N–H and O–H groups in total. The minimum atomic E-state index is -0.733. The van der Waals surface area contributed by atoms with Crippen LogP contribution in [-0.2, 0) is 0 Å². The first-order valence-corrected chi connectivity index (χ1v) is 4.53. The average molecular weight is 240 g/mol. The molecule has 1 aromatic rings. The van der Waals surface area contributed by atoms with E-state index in [9.17, 15) is 14.9 Å². The minimum absolute atomic E-state index is 0.116. The van der Waals surface area contributed by atoms with Crippen molar-refractivity contribution in [1.29, 1.82) is 5.26 Å². The number of hydrogen-bond acceptors (Lipinski definition) is 4. The van der Waals surface area contributed by atoms with Crippen LogP contribution >= 0.6 is 11.6 Å². The predicted molar refractivity (Wildman–Crippen MR) is 56.1 cm³/mol. The lowest BCUT2D eigenvalue weighted by atomic mass is 10.1. The van der Waals surface area contributed by atoms with E-state index in [1.54, 1.807) is 6.07 Å². The molecule has 0 aliphatic carbocycles. The fourth-order valence-electron chi connectivity index (χ4n) is 1.10. The lowest BCUT2D eigenvalue weighted by molar-refractivity contribution is -0.385. The van der Waals surface area contributed by atoms with Crippen LogP contribution in [0.4, 0.5) is 5.69 Å². The number of para-hydroxylation sites is 1. The van der Waals surface area contributed by atoms with Crippen LogP contribution in [0, 0.1) is 21.4 Å². The van der Waals surface area contributed by atoms with Crippen molar-refractivity contribution in [3.63, 3.8) is 0 Å². The molecule has 0 aromatic heterocycles. The summed E-state index contributed by atoms with van der Waals surface area (Å²) >= 11 is 5.62. The number of carbonyl (C=O) groups excluding carboxylic acids is 1. The number of benzene rings is 1. The Kier molecular flexibility index (Phi) is 3.80. The van der Waals surface area contributed by atoms with E-state index >= 15 is 0 Å². The molecule has 0 fully saturated rings. The molecule has 6 nitrogen and oxygen atoms in total. The van der Waals surface area contributed by atoms with E-state index in [1.807, 2.05) is 0 Å². The number of nitriles is 1. The van der Waals surface area contributed by atoms with Crippen LogP contribution < -0.4 is 5.32 Å². The van der Waals surface area contributed by atoms with Crippen LogP contribution in [0.2, 0.25) is 5.02 Å². The molecule has 0 saturated heterocycles. The molecule has 0 heterocycles. The van der Waals surface area contributed by atoms with Gasteiger partial charge in [-0.05, 0) is 12.1 Å². The van der Waals surface area contributed by atoms with Gasteiger partial charge in [0.25, 0.3) is 5.91 Å². The summed E-state index contributed by atoms with van der Waals surface area (Å²) in [6, 6.07) is 5.72. The lowest BCUT2D eigenvalue weighted by Gasteiger charge is -2.03. The molecule has 82 valence electrons. The highest BCUT2D eigenvalue weighted by Crippen LogP contribution is 2.27. The number of nitrogens with zero attached hydrogens (tertiary/aromatic N) is 2. The molecule has 0 atom stereocenters. The molecule has 0 spiro atoms. The molecule has 0 saturated carbocycles. The maximum Gasteiger partial charge on any atom is 0.300 e. The molecule has 1 amide bonds. The molecule has 0 radical (unpaired) electrons. The fourth-order valence-corrected chi connectivity index (χ4v) is 1.34. The Labute approximate surface area is 95.6 Å². The maximum atomic E-state index is 11.5. The van der Waals surface area contributed by atoms with E-state index in [-0.39, 0.29) is 17.1 Å². The van der Waals surface area contributed by atoms with Crippen LogP contribution in [-0.4, -0.2) is 17.4 Å². The van der Waals surface area contributed by atoms with Crippen molar-refractivity contribution in [2.75, 3.05) is 6.54 Å². The lowest BCUT2D eigenvalue weighted by Crippen LogP contribution is -2.24. The number of nitro groups is 1. The van der Waals surface area contributed by atoms with Crippen LogP contribution in [0.5, 0.6) is 0 Å². The fraction of sp³-hybridized carbons (Fsp3) is 0.111. The zero-order valence-corrected chi connectivity index (χ0v) is 8.69. The number of hydrogen-bond donors (Lipinski definition) is 1. The van der Waals surface area contributed by atoms with Gasteiger partial charge in [0.1, 0.15) is 17.1 Å². The van der Waals surface area contributed by atoms with Gasteiger partial charge >= 0.3 is 5.69 Å². The summed E-state index contributed by atoms with van der Waals surface area (Å²) in [4.78, 5) is 21.4. The van der Waals surface area contributed by atoms with Gasteiger partial charge in [0.15, 0.2) is 0 Å². The van der Waals surface area contributed by atoms with Gasteiger partial charge in [0.05, 0.1) is 11.0 Å². The number of carbonyl (C=O) groups is 1. The standard InChI is InChI=1S/C9H6ClN3O3/c10-7-3-1-2-6(8(7)13(15)16)9(14)12-5-4-11/h1-3H,5H2,(H,12,14). The highest BCUT2D eigenvalue weighted by atomic mass is 35.5. The SMILES string of the molecule is N#CCNC(=O)c1cccc(Cl)c1[N+](=O)[O-]. The van der Waals surface area contributed by atoms with Gasteiger partial charge in [-0.15, -0.1) is 0 Å². The van der Waals surface area contributed by atoms with Crippen LogP contribution in [0.25, 0.3) is 0 Å². The second-order valence-electron chi connectivity index (χ2n) is 2.73. The molecule has 0 aliphatic heterocycles. The number of rotatable bonds is 3. The van der Waals surface area contributed by atoms with E-state index in [0.29, 0.717) is 0 Å². The van der Waals surface area contributed by atoms with Crippen molar-refractivity contribution in [1.82, 2.24) is 5.32 Å². The Morgan fingerprint density at radius 2 is 2.31 bits per heavy atom. The van der Waals surface area contributed by atoms with Gasteiger partial charge in [-0.2, -0.15) is 5.26 Å². The van der Waals surface area contributed by atoms with Crippen molar-refractivity contribution in [2.24, 2.45) is 0 Å². The molecule has 7 heteroatoms. The number of amides is 1. The predicted octanol–water partition coefficient (Wildman–Crippen LogP) is 1.50. The topological polar surface area (TPSA) is 96.0 Å². The highest BCUT2D eigenvalue weighted by molar-refractivity contribution is 6.33. The summed E-state index contributed by atoms with van der Waals surface area (Å²) in [6.07, 6.45) is 0. The first-order chi connectivity index (χ1) is 7.57. The van der Waals surface area contributed by atoms with Crippen LogP contribution in [0.1, 0.15) is 10.4 Å². The van der Waals surface area contributed by atoms with E-state index in [1.165, 1.54) is 18.2 Å². The van der Waals surface area contributed by atoms with Crippen molar-refractivity contribution >= 4 is 23.2 Å². The van der Waals surface area contributed by atoms with Crippen molar-refractivity contribution in [3.05, 3.63) is 38.9 Å². The van der Waals surface area contributed by atoms with Crippen molar-refractivity contribution in [3.8, 4) is 6.07 Å². The summed E-state index contributed by atoms with van der Waals surface area (Å²) in [7, 11) is 0. The van der Waals surface area contributed by atoms with Crippen LogP contribution in [0.3, 0.4) is 0 Å². The zero-order valence-electron chi connectivity index (χ0n) is 7.94. The van der Waals surface area contributed by atoms with Gasteiger partial charge in [-0.25, -0.2) is 0 Å². The summed E-state index contributed by atoms with van der Waals surface area (Å²) in [5.74, 6) is -0.698. The monoisotopic (exact) mass is 239 g/mol. The molecule has 0 bridgehead atoms. The normalized spacial score (nSPS) is 9.25. The summed E-state index contributed by atoms with van der Waals surface area (Å²) in [5, 5.41) is 21.1. The largest absolute Gasteiger partial charge is 0.339 e. The summed E-state index contributed by atoms with van der Waals surface area (Å²) in [5.41, 5.74) is -0.618. The minimum Gasteiger partial charge on any atom is -0.339 e. The maximum absolute atomic E-state index is 11.5. The third kappa shape index (κ3) is 2.46. The van der Waals surface area contributed by atoms with Gasteiger partial charge in [-0.1, -0.05) is 17.7 Å². The Bertz CT molecular complexity index is 481. The summed E-state index contributed by atoms with van der Waals surface area (Å²) < 4.78 is 0. The second kappa shape index (κ2) is 5.09. The zero-order chi connectivity index (χ0) is 12.1. The summed E-state index contributed by atoms with van der Waals surface area (Å²) in [6.45, 7) is -0.220. The quantitative estimate of drug-likeness (QED) is 0.491. The van der Waals surface area contributed by atoms with Gasteiger partial charge in [-0.3, -0.25) is 14.9 Å². The molecule has 1 rings (SSSR count). The second-order valence-corrected chi connectivity index (χ2v) is 3.14. The van der Waals surface area contributed by atoms with Gasteiger partial charge in [0, 0.05) is 0 Å². The highest BCUT2D eigenvalue weighted by Gasteiger charge is 2.22. The van der Waals surface area contributed by atoms with E-state index < -0.39 is 16.5 Å². The molecule has 1 aromatic carbocycles.